The van der Waals surface area contributed by atoms with Gasteiger partial charge in [0.15, 0.2) is 11.5 Å². The molecular formula is C25H29N7O2. The summed E-state index contributed by atoms with van der Waals surface area (Å²) in [6.45, 7) is 3.52. The number of aryl methyl sites for hydroxylation is 1. The van der Waals surface area contributed by atoms with E-state index < -0.39 is 5.91 Å². The molecule has 176 valence electrons. The maximum absolute atomic E-state index is 13.4. The van der Waals surface area contributed by atoms with Gasteiger partial charge in [-0.1, -0.05) is 17.7 Å². The third-order valence-corrected chi connectivity index (χ3v) is 6.32. The molecule has 0 atom stereocenters. The van der Waals surface area contributed by atoms with Crippen molar-refractivity contribution in [1.29, 1.82) is 0 Å². The highest BCUT2D eigenvalue weighted by molar-refractivity contribution is 6.09. The number of carbonyl (C=O) groups excluding carboxylic acids is 2. The summed E-state index contributed by atoms with van der Waals surface area (Å²) >= 11 is 0. The van der Waals surface area contributed by atoms with Crippen molar-refractivity contribution in [2.24, 2.45) is 7.05 Å². The molecule has 9 nitrogen and oxygen atoms in total. The van der Waals surface area contributed by atoms with Crippen molar-refractivity contribution in [2.75, 3.05) is 23.7 Å². The highest BCUT2D eigenvalue weighted by Crippen LogP contribution is 2.39. The quantitative estimate of drug-likeness (QED) is 0.681. The molecule has 2 fully saturated rings. The minimum absolute atomic E-state index is 0.134. The first-order chi connectivity index (χ1) is 16.5. The lowest BCUT2D eigenvalue weighted by Gasteiger charge is -2.31. The largest absolute Gasteiger partial charge is 0.338 e. The molecular weight excluding hydrogens is 430 g/mol. The van der Waals surface area contributed by atoms with Crippen LogP contribution >= 0.6 is 0 Å². The van der Waals surface area contributed by atoms with Crippen LogP contribution in [-0.4, -0.2) is 49.6 Å². The topological polar surface area (TPSA) is 105 Å². The number of nitrogens with one attached hydrogen (secondary N) is 2. The molecule has 0 aromatic carbocycles. The second-order valence-electron chi connectivity index (χ2n) is 9.10. The third-order valence-electron chi connectivity index (χ3n) is 6.32. The average molecular weight is 460 g/mol. The molecule has 9 heteroatoms. The van der Waals surface area contributed by atoms with Gasteiger partial charge >= 0.3 is 0 Å². The van der Waals surface area contributed by atoms with Gasteiger partial charge in [-0.3, -0.25) is 14.3 Å². The van der Waals surface area contributed by atoms with Crippen LogP contribution in [0.25, 0.3) is 0 Å². The molecule has 2 aromatic rings. The lowest BCUT2D eigenvalue weighted by Crippen LogP contribution is -2.43. The number of aromatic nitrogens is 4. The van der Waals surface area contributed by atoms with Crippen LogP contribution in [0.5, 0.6) is 0 Å². The zero-order chi connectivity index (χ0) is 23.7. The monoisotopic (exact) mass is 459 g/mol. The second kappa shape index (κ2) is 9.24. The highest BCUT2D eigenvalue weighted by Gasteiger charge is 2.30. The Morgan fingerprint density at radius 3 is 2.74 bits per heavy atom. The lowest BCUT2D eigenvalue weighted by molar-refractivity contribution is 0.0641. The molecule has 0 unspecified atom stereocenters. The second-order valence-corrected chi connectivity index (χ2v) is 9.10. The zero-order valence-corrected chi connectivity index (χ0v) is 19.5. The smallest absolute Gasteiger partial charge is 0.278 e. The fourth-order valence-electron chi connectivity index (χ4n) is 4.04. The number of hydrogen-bond acceptors (Lipinski definition) is 6. The van der Waals surface area contributed by atoms with Gasteiger partial charge < -0.3 is 15.5 Å². The van der Waals surface area contributed by atoms with Gasteiger partial charge in [0.25, 0.3) is 11.8 Å². The molecule has 0 spiro atoms. The highest BCUT2D eigenvalue weighted by atomic mass is 16.2. The van der Waals surface area contributed by atoms with Crippen molar-refractivity contribution in [3.8, 4) is 0 Å². The van der Waals surface area contributed by atoms with E-state index in [-0.39, 0.29) is 11.6 Å². The number of anilines is 2. The maximum atomic E-state index is 13.4. The predicted octanol–water partition coefficient (Wildman–Crippen LogP) is 3.78. The van der Waals surface area contributed by atoms with Crippen LogP contribution < -0.4 is 10.6 Å². The van der Waals surface area contributed by atoms with Gasteiger partial charge in [-0.15, -0.1) is 0 Å². The minimum Gasteiger partial charge on any atom is -0.338 e. The van der Waals surface area contributed by atoms with Gasteiger partial charge in [0.05, 0.1) is 23.8 Å². The summed E-state index contributed by atoms with van der Waals surface area (Å²) in [6.07, 6.45) is 16.5. The molecule has 1 saturated carbocycles. The first-order valence-corrected chi connectivity index (χ1v) is 11.8. The van der Waals surface area contributed by atoms with Crippen LogP contribution in [0.3, 0.4) is 0 Å². The minimum atomic E-state index is -0.425. The van der Waals surface area contributed by atoms with Crippen molar-refractivity contribution in [2.45, 2.75) is 44.9 Å². The summed E-state index contributed by atoms with van der Waals surface area (Å²) in [5.41, 5.74) is 3.83. The molecule has 2 aliphatic carbocycles. The number of rotatable bonds is 6. The molecule has 2 aromatic heterocycles. The van der Waals surface area contributed by atoms with Gasteiger partial charge in [0, 0.05) is 31.8 Å². The summed E-state index contributed by atoms with van der Waals surface area (Å²) in [5.74, 6) is 0.169. The first-order valence-electron chi connectivity index (χ1n) is 11.8. The Bertz CT molecular complexity index is 1220. The van der Waals surface area contributed by atoms with E-state index >= 15 is 0 Å². The fraction of sp³-hybridized carbons (Fsp3) is 0.400. The Kier molecular flexibility index (Phi) is 6.00. The number of likely N-dealkylation sites (tertiary alicyclic amines) is 1. The number of hydrogen-bond donors (Lipinski definition) is 2. The van der Waals surface area contributed by atoms with Crippen LogP contribution in [0.15, 0.2) is 48.0 Å². The summed E-state index contributed by atoms with van der Waals surface area (Å²) in [4.78, 5) is 37.3. The molecule has 3 heterocycles. The fourth-order valence-corrected chi connectivity index (χ4v) is 4.04. The number of nitrogens with zero attached hydrogens (tertiary/aromatic N) is 5. The van der Waals surface area contributed by atoms with Gasteiger partial charge in [-0.2, -0.15) is 5.10 Å². The summed E-state index contributed by atoms with van der Waals surface area (Å²) in [6, 6.07) is 0. The van der Waals surface area contributed by atoms with Crippen molar-refractivity contribution in [3.63, 3.8) is 0 Å². The van der Waals surface area contributed by atoms with Crippen LogP contribution in [0, 0.1) is 0 Å². The van der Waals surface area contributed by atoms with E-state index in [4.69, 9.17) is 0 Å². The Morgan fingerprint density at radius 1 is 1.18 bits per heavy atom. The Hall–Kier alpha value is -3.75. The van der Waals surface area contributed by atoms with Crippen LogP contribution in [-0.2, 0) is 7.05 Å². The van der Waals surface area contributed by atoms with E-state index in [1.807, 2.05) is 12.2 Å². The van der Waals surface area contributed by atoms with Crippen molar-refractivity contribution < 1.29 is 9.59 Å². The van der Waals surface area contributed by atoms with Crippen molar-refractivity contribution in [3.05, 3.63) is 65.0 Å². The number of allylic oxidation sites excluding steroid dienone is 5. The van der Waals surface area contributed by atoms with Crippen LogP contribution in [0.1, 0.15) is 71.6 Å². The molecule has 1 saturated heterocycles. The summed E-state index contributed by atoms with van der Waals surface area (Å²) < 4.78 is 1.50. The Morgan fingerprint density at radius 2 is 2.00 bits per heavy atom. The first kappa shape index (κ1) is 22.1. The van der Waals surface area contributed by atoms with Gasteiger partial charge in [0.1, 0.15) is 5.69 Å². The van der Waals surface area contributed by atoms with Crippen LogP contribution in [0.4, 0.5) is 11.5 Å². The molecule has 0 radical (unpaired) electrons. The summed E-state index contributed by atoms with van der Waals surface area (Å²) in [7, 11) is 1.70. The Labute approximate surface area is 198 Å². The normalized spacial score (nSPS) is 17.8. The van der Waals surface area contributed by atoms with Gasteiger partial charge in [-0.05, 0) is 51.2 Å². The van der Waals surface area contributed by atoms with Crippen molar-refractivity contribution >= 4 is 23.3 Å². The van der Waals surface area contributed by atoms with Crippen molar-refractivity contribution in [1.82, 2.24) is 24.6 Å². The summed E-state index contributed by atoms with van der Waals surface area (Å²) in [5, 5.41) is 10.4. The Balaban J connectivity index is 1.44. The number of carbonyl (C=O) groups is 2. The van der Waals surface area contributed by atoms with E-state index in [0.717, 1.165) is 56.6 Å². The molecule has 0 bridgehead atoms. The van der Waals surface area contributed by atoms with E-state index in [9.17, 15) is 9.59 Å². The number of amides is 2. The molecule has 5 rings (SSSR count). The molecule has 3 aliphatic rings. The maximum Gasteiger partial charge on any atom is 0.278 e. The van der Waals surface area contributed by atoms with Gasteiger partial charge in [0.2, 0.25) is 0 Å². The van der Waals surface area contributed by atoms with E-state index in [1.165, 1.54) is 16.5 Å². The van der Waals surface area contributed by atoms with E-state index in [0.29, 0.717) is 23.1 Å². The van der Waals surface area contributed by atoms with E-state index in [2.05, 4.69) is 44.8 Å². The van der Waals surface area contributed by atoms with Gasteiger partial charge in [-0.25, -0.2) is 9.97 Å². The zero-order valence-electron chi connectivity index (χ0n) is 19.5. The molecule has 1 aliphatic heterocycles. The SMILES string of the molecule is CC1=CC(Nc2ncc(C3CC3)nc2C(=O)Nc2cnn(C)c2C(=O)N2CCC2)=CC=CCC1. The standard InChI is InChI=1S/C25H29N7O2/c1-16-7-4-3-5-8-18(13-16)28-23-21(29-19(14-26-23)17-9-10-17)24(33)30-20-15-27-31(2)22(20)25(34)32-11-6-12-32/h3,5,8,13-15,17H,4,6-7,9-12H2,1-2H3,(H,26,28)(H,30,33). The molecule has 2 N–H and O–H groups in total. The predicted molar refractivity (Wildman–Crippen MR) is 130 cm³/mol. The third kappa shape index (κ3) is 4.64. The lowest BCUT2D eigenvalue weighted by atomic mass is 10.1. The molecule has 2 amide bonds. The molecule has 34 heavy (non-hydrogen) atoms. The van der Waals surface area contributed by atoms with E-state index in [1.54, 1.807) is 18.1 Å². The van der Waals surface area contributed by atoms with Crippen LogP contribution in [0.2, 0.25) is 0 Å². The average Bonchev–Trinajstić information content (AvgIpc) is 3.54.